The van der Waals surface area contributed by atoms with Gasteiger partial charge in [-0.15, -0.1) is 0 Å². The summed E-state index contributed by atoms with van der Waals surface area (Å²) in [7, 11) is 0. The van der Waals surface area contributed by atoms with Crippen molar-refractivity contribution in [3.63, 3.8) is 0 Å². The van der Waals surface area contributed by atoms with E-state index >= 15 is 0 Å². The Bertz CT molecular complexity index is 505. The van der Waals surface area contributed by atoms with Gasteiger partial charge in [-0.2, -0.15) is 4.98 Å². The van der Waals surface area contributed by atoms with E-state index < -0.39 is 0 Å². The summed E-state index contributed by atoms with van der Waals surface area (Å²) in [5, 5.41) is 13.1. The molecule has 22 heavy (non-hydrogen) atoms. The van der Waals surface area contributed by atoms with Gasteiger partial charge in [0.2, 0.25) is 5.95 Å². The number of hydrogen-bond acceptors (Lipinski definition) is 6. The van der Waals surface area contributed by atoms with Crippen molar-refractivity contribution < 1.29 is 9.84 Å². The molecule has 0 unspecified atom stereocenters. The highest BCUT2D eigenvalue weighted by Crippen LogP contribution is 2.28. The normalized spacial score (nSPS) is 16.0. The van der Waals surface area contributed by atoms with Crippen LogP contribution >= 0.6 is 11.6 Å². The van der Waals surface area contributed by atoms with Crippen LogP contribution in [-0.2, 0) is 11.2 Å². The molecule has 7 heteroatoms. The van der Waals surface area contributed by atoms with Crippen molar-refractivity contribution in [2.75, 3.05) is 43.1 Å². The number of aromatic nitrogens is 2. The molecule has 1 aromatic heterocycles. The number of morpholine rings is 1. The van der Waals surface area contributed by atoms with Gasteiger partial charge in [-0.25, -0.2) is 4.98 Å². The maximum Gasteiger partial charge on any atom is 0.228 e. The first kappa shape index (κ1) is 17.2. The molecule has 0 aliphatic carbocycles. The molecule has 2 rings (SSSR count). The average molecular weight is 329 g/mol. The van der Waals surface area contributed by atoms with Gasteiger partial charge >= 0.3 is 0 Å². The second kappa shape index (κ2) is 7.44. The molecule has 0 amide bonds. The lowest BCUT2D eigenvalue weighted by Crippen LogP contribution is -2.38. The van der Waals surface area contributed by atoms with Crippen LogP contribution < -0.4 is 10.2 Å². The fraction of sp³-hybridized carbons (Fsp3) is 0.733. The zero-order chi connectivity index (χ0) is 16.2. The molecule has 0 spiro atoms. The molecule has 124 valence electrons. The predicted octanol–water partition coefficient (Wildman–Crippen LogP) is 2.10. The number of halogens is 1. The fourth-order valence-electron chi connectivity index (χ4n) is 2.20. The van der Waals surface area contributed by atoms with E-state index in [9.17, 15) is 5.11 Å². The fourth-order valence-corrected chi connectivity index (χ4v) is 2.46. The van der Waals surface area contributed by atoms with E-state index in [1.54, 1.807) is 0 Å². The van der Waals surface area contributed by atoms with Gasteiger partial charge in [-0.1, -0.05) is 18.5 Å². The quantitative estimate of drug-likeness (QED) is 0.779. The van der Waals surface area contributed by atoms with Crippen LogP contribution in [0.15, 0.2) is 0 Å². The third-order valence-corrected chi connectivity index (χ3v) is 4.25. The van der Waals surface area contributed by atoms with E-state index in [-0.39, 0.29) is 12.1 Å². The zero-order valence-corrected chi connectivity index (χ0v) is 14.3. The summed E-state index contributed by atoms with van der Waals surface area (Å²) in [4.78, 5) is 11.1. The molecule has 0 radical (unpaired) electrons. The van der Waals surface area contributed by atoms with Crippen molar-refractivity contribution in [3.05, 3.63) is 10.7 Å². The lowest BCUT2D eigenvalue weighted by Gasteiger charge is -2.30. The molecule has 0 saturated carbocycles. The van der Waals surface area contributed by atoms with Gasteiger partial charge < -0.3 is 20.1 Å². The highest BCUT2D eigenvalue weighted by molar-refractivity contribution is 6.30. The Balaban J connectivity index is 2.35. The average Bonchev–Trinajstić information content (AvgIpc) is 2.51. The van der Waals surface area contributed by atoms with Crippen molar-refractivity contribution in [1.29, 1.82) is 0 Å². The SMILES string of the molecule is CCC(C)(C)Nc1nc(N2CCOCC2)nc(Cl)c1CCO. The summed E-state index contributed by atoms with van der Waals surface area (Å²) in [5.74, 6) is 1.33. The predicted molar refractivity (Wildman–Crippen MR) is 88.9 cm³/mol. The molecule has 2 heterocycles. The van der Waals surface area contributed by atoms with Gasteiger partial charge in [0.15, 0.2) is 0 Å². The molecule has 1 saturated heterocycles. The number of nitrogens with one attached hydrogen (secondary N) is 1. The Kier molecular flexibility index (Phi) is 5.83. The summed E-state index contributed by atoms with van der Waals surface area (Å²) < 4.78 is 5.36. The van der Waals surface area contributed by atoms with Gasteiger partial charge in [0.05, 0.1) is 13.2 Å². The van der Waals surface area contributed by atoms with Crippen molar-refractivity contribution in [2.45, 2.75) is 39.2 Å². The molecule has 1 aromatic rings. The summed E-state index contributed by atoms with van der Waals surface area (Å²) in [5.41, 5.74) is 0.659. The molecule has 1 fully saturated rings. The summed E-state index contributed by atoms with van der Waals surface area (Å²) >= 11 is 6.34. The minimum Gasteiger partial charge on any atom is -0.396 e. The van der Waals surface area contributed by atoms with Gasteiger partial charge in [-0.3, -0.25) is 0 Å². The number of nitrogens with zero attached hydrogens (tertiary/aromatic N) is 3. The van der Waals surface area contributed by atoms with Crippen LogP contribution in [0.1, 0.15) is 32.8 Å². The standard InChI is InChI=1S/C15H25ClN4O2/c1-4-15(2,3)19-13-11(5-8-21)12(16)17-14(18-13)20-6-9-22-10-7-20/h21H,4-10H2,1-3H3,(H,17,18,19). The second-order valence-corrected chi connectivity index (χ2v) is 6.44. The molecule has 6 nitrogen and oxygen atoms in total. The monoisotopic (exact) mass is 328 g/mol. The van der Waals surface area contributed by atoms with Crippen molar-refractivity contribution in [1.82, 2.24) is 9.97 Å². The first-order valence-corrected chi connectivity index (χ1v) is 8.13. The number of aliphatic hydroxyl groups excluding tert-OH is 1. The van der Waals surface area contributed by atoms with Crippen molar-refractivity contribution in [2.24, 2.45) is 0 Å². The lowest BCUT2D eigenvalue weighted by molar-refractivity contribution is 0.122. The van der Waals surface area contributed by atoms with Crippen LogP contribution in [0.4, 0.5) is 11.8 Å². The molecule has 0 aromatic carbocycles. The Hall–Kier alpha value is -1.11. The van der Waals surface area contributed by atoms with Crippen LogP contribution in [0.25, 0.3) is 0 Å². The van der Waals surface area contributed by atoms with E-state index in [0.717, 1.165) is 25.1 Å². The molecule has 1 aliphatic heterocycles. The number of aliphatic hydroxyl groups is 1. The van der Waals surface area contributed by atoms with Gasteiger partial charge in [0, 0.05) is 37.2 Å². The molecular weight excluding hydrogens is 304 g/mol. The van der Waals surface area contributed by atoms with Crippen molar-refractivity contribution in [3.8, 4) is 0 Å². The Morgan fingerprint density at radius 1 is 1.32 bits per heavy atom. The highest BCUT2D eigenvalue weighted by Gasteiger charge is 2.22. The number of ether oxygens (including phenoxy) is 1. The van der Waals surface area contributed by atoms with Crippen LogP contribution in [0.5, 0.6) is 0 Å². The Labute approximate surface area is 136 Å². The van der Waals surface area contributed by atoms with E-state index in [4.69, 9.17) is 16.3 Å². The number of rotatable bonds is 6. The van der Waals surface area contributed by atoms with Crippen molar-refractivity contribution >= 4 is 23.4 Å². The Morgan fingerprint density at radius 2 is 2.00 bits per heavy atom. The third-order valence-electron chi connectivity index (χ3n) is 3.94. The second-order valence-electron chi connectivity index (χ2n) is 6.08. The van der Waals surface area contributed by atoms with E-state index in [1.807, 2.05) is 0 Å². The smallest absolute Gasteiger partial charge is 0.228 e. The van der Waals surface area contributed by atoms with Gasteiger partial charge in [-0.05, 0) is 20.3 Å². The van der Waals surface area contributed by atoms with Crippen LogP contribution in [0.3, 0.4) is 0 Å². The van der Waals surface area contributed by atoms with Gasteiger partial charge in [0.1, 0.15) is 11.0 Å². The summed E-state index contributed by atoms with van der Waals surface area (Å²) in [6.07, 6.45) is 1.38. The maximum atomic E-state index is 9.27. The lowest BCUT2D eigenvalue weighted by atomic mass is 10.0. The van der Waals surface area contributed by atoms with Gasteiger partial charge in [0.25, 0.3) is 0 Å². The van der Waals surface area contributed by atoms with E-state index in [1.165, 1.54) is 0 Å². The van der Waals surface area contributed by atoms with Crippen LogP contribution in [0, 0.1) is 0 Å². The Morgan fingerprint density at radius 3 is 2.59 bits per heavy atom. The highest BCUT2D eigenvalue weighted by atomic mass is 35.5. The largest absolute Gasteiger partial charge is 0.396 e. The summed E-state index contributed by atoms with van der Waals surface area (Å²) in [6.45, 7) is 9.20. The minimum absolute atomic E-state index is 0.0151. The number of hydrogen-bond donors (Lipinski definition) is 2. The van der Waals surface area contributed by atoms with E-state index in [2.05, 4.69) is 41.0 Å². The first-order valence-electron chi connectivity index (χ1n) is 7.75. The molecule has 0 bridgehead atoms. The molecule has 1 aliphatic rings. The third kappa shape index (κ3) is 4.21. The molecule has 2 N–H and O–H groups in total. The number of anilines is 2. The first-order chi connectivity index (χ1) is 10.5. The maximum absolute atomic E-state index is 9.27. The van der Waals surface area contributed by atoms with Crippen LogP contribution in [-0.4, -0.2) is 53.5 Å². The zero-order valence-electron chi connectivity index (χ0n) is 13.5. The molecule has 0 atom stereocenters. The minimum atomic E-state index is -0.107. The van der Waals surface area contributed by atoms with Crippen LogP contribution in [0.2, 0.25) is 5.15 Å². The topological polar surface area (TPSA) is 70.5 Å². The molecular formula is C15H25ClN4O2. The summed E-state index contributed by atoms with van der Waals surface area (Å²) in [6, 6.07) is 0. The van der Waals surface area contributed by atoms with E-state index in [0.29, 0.717) is 36.6 Å².